The molecule has 7 heteroatoms. The number of nitrogens with zero attached hydrogens (tertiary/aromatic N) is 3. The Morgan fingerprint density at radius 2 is 2.12 bits per heavy atom. The van der Waals surface area contributed by atoms with Gasteiger partial charge in [-0.15, -0.1) is 0 Å². The molecule has 7 nitrogen and oxygen atoms in total. The number of aromatic carboxylic acids is 1. The van der Waals surface area contributed by atoms with Crippen LogP contribution in [-0.2, 0) is 0 Å². The van der Waals surface area contributed by atoms with Gasteiger partial charge in [-0.25, -0.2) is 4.79 Å². The minimum atomic E-state index is -0.991. The highest BCUT2D eigenvalue weighted by Gasteiger charge is 2.26. The van der Waals surface area contributed by atoms with Gasteiger partial charge in [-0.3, -0.25) is 9.48 Å². The van der Waals surface area contributed by atoms with Crippen LogP contribution in [0.15, 0.2) is 42.9 Å². The maximum Gasteiger partial charge on any atom is 0.338 e. The van der Waals surface area contributed by atoms with E-state index in [0.29, 0.717) is 18.7 Å². The normalized spacial score (nSPS) is 17.8. The van der Waals surface area contributed by atoms with Gasteiger partial charge in [0.25, 0.3) is 5.91 Å². The Hall–Kier alpha value is -3.09. The summed E-state index contributed by atoms with van der Waals surface area (Å²) in [5, 5.41) is 14.2. The highest BCUT2D eigenvalue weighted by Crippen LogP contribution is 2.24. The summed E-state index contributed by atoms with van der Waals surface area (Å²) in [6.07, 6.45) is 6.48. The maximum absolute atomic E-state index is 12.8. The van der Waals surface area contributed by atoms with Gasteiger partial charge in [0.1, 0.15) is 0 Å². The predicted molar refractivity (Wildman–Crippen MR) is 91.7 cm³/mol. The molecule has 0 bridgehead atoms. The zero-order chi connectivity index (χ0) is 17.4. The number of aromatic amines is 1. The van der Waals surface area contributed by atoms with Crippen LogP contribution in [0.4, 0.5) is 0 Å². The molecule has 4 rings (SSSR count). The monoisotopic (exact) mass is 338 g/mol. The van der Waals surface area contributed by atoms with E-state index in [1.807, 2.05) is 35.4 Å². The molecule has 128 valence electrons. The number of carboxylic acids is 1. The fourth-order valence-corrected chi connectivity index (χ4v) is 3.37. The molecule has 2 N–H and O–H groups in total. The number of hydrogen-bond donors (Lipinski definition) is 2. The summed E-state index contributed by atoms with van der Waals surface area (Å²) in [6.45, 7) is 1.23. The van der Waals surface area contributed by atoms with E-state index in [-0.39, 0.29) is 17.5 Å². The second kappa shape index (κ2) is 6.08. The second-order valence-corrected chi connectivity index (χ2v) is 6.34. The summed E-state index contributed by atoms with van der Waals surface area (Å²) in [4.78, 5) is 28.8. The molecule has 1 aliphatic rings. The molecule has 3 heterocycles. The molecule has 1 unspecified atom stereocenters. The number of fused-ring (bicyclic) bond motifs is 1. The van der Waals surface area contributed by atoms with Crippen LogP contribution in [0.3, 0.4) is 0 Å². The lowest BCUT2D eigenvalue weighted by Crippen LogP contribution is -2.40. The largest absolute Gasteiger partial charge is 0.478 e. The fourth-order valence-electron chi connectivity index (χ4n) is 3.37. The molecule has 0 aliphatic carbocycles. The average Bonchev–Trinajstić information content (AvgIpc) is 3.30. The van der Waals surface area contributed by atoms with Crippen LogP contribution in [0, 0.1) is 0 Å². The molecule has 1 aromatic carbocycles. The molecule has 1 saturated heterocycles. The van der Waals surface area contributed by atoms with Crippen LogP contribution < -0.4 is 0 Å². The van der Waals surface area contributed by atoms with Crippen LogP contribution in [0.25, 0.3) is 10.9 Å². The van der Waals surface area contributed by atoms with Gasteiger partial charge in [-0.1, -0.05) is 0 Å². The first-order valence-corrected chi connectivity index (χ1v) is 8.26. The number of H-pyrrole nitrogens is 1. The van der Waals surface area contributed by atoms with E-state index in [2.05, 4.69) is 10.1 Å². The third-order valence-corrected chi connectivity index (χ3v) is 4.71. The molecule has 1 aliphatic heterocycles. The van der Waals surface area contributed by atoms with E-state index in [0.717, 1.165) is 23.7 Å². The van der Waals surface area contributed by atoms with Crippen LogP contribution in [-0.4, -0.2) is 49.7 Å². The summed E-state index contributed by atoms with van der Waals surface area (Å²) in [5.41, 5.74) is 1.84. The number of benzene rings is 1. The Balaban J connectivity index is 1.53. The van der Waals surface area contributed by atoms with Crippen LogP contribution in [0.2, 0.25) is 0 Å². The Labute approximate surface area is 143 Å². The molecule has 1 fully saturated rings. The number of piperidine rings is 1. The third-order valence-electron chi connectivity index (χ3n) is 4.71. The molecule has 0 spiro atoms. The number of amides is 1. The number of aromatic nitrogens is 3. The molecule has 1 amide bonds. The SMILES string of the molecule is O=C(O)c1cnn(C2CCCN(C(=O)c3ccc4[nH]ccc4c3)C2)c1. The minimum Gasteiger partial charge on any atom is -0.478 e. The van der Waals surface area contributed by atoms with Crippen molar-refractivity contribution in [3.63, 3.8) is 0 Å². The summed E-state index contributed by atoms with van der Waals surface area (Å²) in [7, 11) is 0. The zero-order valence-corrected chi connectivity index (χ0v) is 13.6. The molecule has 25 heavy (non-hydrogen) atoms. The van der Waals surface area contributed by atoms with Gasteiger partial charge in [0.05, 0.1) is 17.8 Å². The van der Waals surface area contributed by atoms with E-state index in [1.54, 1.807) is 4.68 Å². The number of rotatable bonds is 3. The highest BCUT2D eigenvalue weighted by atomic mass is 16.4. The predicted octanol–water partition coefficient (Wildman–Crippen LogP) is 2.54. The van der Waals surface area contributed by atoms with E-state index in [4.69, 9.17) is 5.11 Å². The second-order valence-electron chi connectivity index (χ2n) is 6.34. The van der Waals surface area contributed by atoms with Crippen molar-refractivity contribution in [1.29, 1.82) is 0 Å². The standard InChI is InChI=1S/C18H18N4O3/c23-17(13-3-4-16-12(8-13)5-6-19-16)21-7-1-2-15(11-21)22-10-14(9-20-22)18(24)25/h3-6,8-10,15,19H,1-2,7,11H2,(H,24,25). The Morgan fingerprint density at radius 3 is 2.92 bits per heavy atom. The van der Waals surface area contributed by atoms with Gasteiger partial charge in [0.2, 0.25) is 0 Å². The van der Waals surface area contributed by atoms with Crippen molar-refractivity contribution < 1.29 is 14.7 Å². The van der Waals surface area contributed by atoms with Crippen LogP contribution in [0.1, 0.15) is 39.6 Å². The Bertz CT molecular complexity index is 943. The lowest BCUT2D eigenvalue weighted by molar-refractivity contribution is 0.0666. The number of carbonyl (C=O) groups excluding carboxylic acids is 1. The van der Waals surface area contributed by atoms with E-state index < -0.39 is 5.97 Å². The Morgan fingerprint density at radius 1 is 1.24 bits per heavy atom. The van der Waals surface area contributed by atoms with Gasteiger partial charge in [-0.2, -0.15) is 5.10 Å². The van der Waals surface area contributed by atoms with E-state index in [1.165, 1.54) is 12.4 Å². The summed E-state index contributed by atoms with van der Waals surface area (Å²) < 4.78 is 1.66. The fraction of sp³-hybridized carbons (Fsp3) is 0.278. The summed E-state index contributed by atoms with van der Waals surface area (Å²) >= 11 is 0. The van der Waals surface area contributed by atoms with Crippen molar-refractivity contribution in [2.24, 2.45) is 0 Å². The molecular formula is C18H18N4O3. The molecule has 1 atom stereocenters. The number of nitrogens with one attached hydrogen (secondary N) is 1. The molecule has 0 saturated carbocycles. The highest BCUT2D eigenvalue weighted by molar-refractivity contribution is 5.98. The molecule has 2 aromatic heterocycles. The third kappa shape index (κ3) is 2.88. The van der Waals surface area contributed by atoms with Gasteiger partial charge >= 0.3 is 5.97 Å². The van der Waals surface area contributed by atoms with Crippen molar-refractivity contribution in [2.45, 2.75) is 18.9 Å². The average molecular weight is 338 g/mol. The number of hydrogen-bond acceptors (Lipinski definition) is 3. The van der Waals surface area contributed by atoms with Gasteiger partial charge < -0.3 is 15.0 Å². The smallest absolute Gasteiger partial charge is 0.338 e. The van der Waals surface area contributed by atoms with Crippen LogP contribution >= 0.6 is 0 Å². The van der Waals surface area contributed by atoms with Gasteiger partial charge in [-0.05, 0) is 37.1 Å². The lowest BCUT2D eigenvalue weighted by Gasteiger charge is -2.33. The lowest BCUT2D eigenvalue weighted by atomic mass is 10.0. The number of carbonyl (C=O) groups is 2. The van der Waals surface area contributed by atoms with Crippen molar-refractivity contribution in [2.75, 3.05) is 13.1 Å². The topological polar surface area (TPSA) is 91.2 Å². The maximum atomic E-state index is 12.8. The Kier molecular flexibility index (Phi) is 3.76. The van der Waals surface area contributed by atoms with Crippen molar-refractivity contribution >= 4 is 22.8 Å². The van der Waals surface area contributed by atoms with Crippen LogP contribution in [0.5, 0.6) is 0 Å². The molecule has 0 radical (unpaired) electrons. The first-order chi connectivity index (χ1) is 12.1. The number of carboxylic acid groups (broad SMARTS) is 1. The van der Waals surface area contributed by atoms with E-state index in [9.17, 15) is 9.59 Å². The quantitative estimate of drug-likeness (QED) is 0.768. The number of likely N-dealkylation sites (tertiary alicyclic amines) is 1. The first-order valence-electron chi connectivity index (χ1n) is 8.26. The first kappa shape index (κ1) is 15.4. The minimum absolute atomic E-state index is 0.00147. The van der Waals surface area contributed by atoms with Crippen molar-refractivity contribution in [1.82, 2.24) is 19.7 Å². The van der Waals surface area contributed by atoms with Gasteiger partial charge in [0.15, 0.2) is 0 Å². The summed E-state index contributed by atoms with van der Waals surface area (Å²) in [6, 6.07) is 7.59. The zero-order valence-electron chi connectivity index (χ0n) is 13.6. The van der Waals surface area contributed by atoms with E-state index >= 15 is 0 Å². The van der Waals surface area contributed by atoms with Crippen molar-refractivity contribution in [3.8, 4) is 0 Å². The molecular weight excluding hydrogens is 320 g/mol. The van der Waals surface area contributed by atoms with Gasteiger partial charge in [0, 0.05) is 41.9 Å². The van der Waals surface area contributed by atoms with Crippen molar-refractivity contribution in [3.05, 3.63) is 54.0 Å². The summed E-state index contributed by atoms with van der Waals surface area (Å²) in [5.74, 6) is -0.992. The molecule has 3 aromatic rings.